The Kier molecular flexibility index (Phi) is 1.36. The highest BCUT2D eigenvalue weighted by Gasteiger charge is 2.25. The monoisotopic (exact) mass is 184 g/mol. The number of benzene rings is 1. The third-order valence-electron chi connectivity index (χ3n) is 2.60. The summed E-state index contributed by atoms with van der Waals surface area (Å²) in [5.41, 5.74) is 4.00. The van der Waals surface area contributed by atoms with E-state index >= 15 is 0 Å². The van der Waals surface area contributed by atoms with Gasteiger partial charge >= 0.3 is 0 Å². The molecular formula is C11H8N2O. The molecule has 1 heterocycles. The van der Waals surface area contributed by atoms with E-state index in [1.165, 1.54) is 5.56 Å². The minimum absolute atomic E-state index is 0.709. The lowest BCUT2D eigenvalue weighted by molar-refractivity contribution is -0.658. The van der Waals surface area contributed by atoms with Crippen molar-refractivity contribution in [1.29, 1.82) is 0 Å². The molecule has 0 N–H and O–H groups in total. The molecule has 3 rings (SSSR count). The number of nitrogens with zero attached hydrogens (tertiary/aromatic N) is 2. The average Bonchev–Trinajstić information content (AvgIpc) is 2.57. The Morgan fingerprint density at radius 2 is 2.00 bits per heavy atom. The Morgan fingerprint density at radius 1 is 1.14 bits per heavy atom. The SMILES string of the molecule is [O-][n+]1nccc2c1-c1ccccc1C2. The Labute approximate surface area is 81.2 Å². The van der Waals surface area contributed by atoms with Crippen LogP contribution in [0.2, 0.25) is 0 Å². The van der Waals surface area contributed by atoms with Gasteiger partial charge in [0.1, 0.15) is 0 Å². The summed E-state index contributed by atoms with van der Waals surface area (Å²) in [5.74, 6) is 0. The van der Waals surface area contributed by atoms with Crippen LogP contribution in [0.15, 0.2) is 36.5 Å². The van der Waals surface area contributed by atoms with Crippen molar-refractivity contribution in [2.45, 2.75) is 6.42 Å². The lowest BCUT2D eigenvalue weighted by Gasteiger charge is -1.99. The molecule has 1 aromatic carbocycles. The molecule has 0 unspecified atom stereocenters. The van der Waals surface area contributed by atoms with Crippen LogP contribution >= 0.6 is 0 Å². The van der Waals surface area contributed by atoms with Crippen molar-refractivity contribution in [3.8, 4) is 11.3 Å². The second-order valence-electron chi connectivity index (χ2n) is 3.41. The molecule has 0 amide bonds. The standard InChI is InChI=1S/C11H8N2O/c14-13-11-9(5-6-12-13)7-8-3-1-2-4-10(8)11/h1-6H,7H2. The second kappa shape index (κ2) is 2.54. The van der Waals surface area contributed by atoms with E-state index in [1.54, 1.807) is 6.20 Å². The molecule has 0 aliphatic heterocycles. The summed E-state index contributed by atoms with van der Waals surface area (Å²) in [6.45, 7) is 0. The van der Waals surface area contributed by atoms with Crippen LogP contribution in [0.5, 0.6) is 0 Å². The van der Waals surface area contributed by atoms with Crippen LogP contribution < -0.4 is 4.85 Å². The molecule has 68 valence electrons. The van der Waals surface area contributed by atoms with Crippen molar-refractivity contribution < 1.29 is 4.85 Å². The highest BCUT2D eigenvalue weighted by Crippen LogP contribution is 2.32. The van der Waals surface area contributed by atoms with Gasteiger partial charge in [0, 0.05) is 17.1 Å². The van der Waals surface area contributed by atoms with Gasteiger partial charge in [0.25, 0.3) is 5.69 Å². The smallest absolute Gasteiger partial charge is 0.255 e. The van der Waals surface area contributed by atoms with E-state index in [0.717, 1.165) is 17.5 Å². The van der Waals surface area contributed by atoms with Gasteiger partial charge < -0.3 is 5.21 Å². The number of aromatic nitrogens is 2. The van der Waals surface area contributed by atoms with E-state index in [2.05, 4.69) is 11.2 Å². The number of hydrogen-bond donors (Lipinski definition) is 0. The van der Waals surface area contributed by atoms with Crippen LogP contribution in [-0.2, 0) is 6.42 Å². The molecule has 0 bridgehead atoms. The minimum Gasteiger partial charge on any atom is -0.594 e. The molecule has 0 fully saturated rings. The van der Waals surface area contributed by atoms with Gasteiger partial charge in [0.05, 0.1) is 11.8 Å². The Hall–Kier alpha value is -1.90. The van der Waals surface area contributed by atoms with Gasteiger partial charge in [-0.3, -0.25) is 0 Å². The first-order valence-corrected chi connectivity index (χ1v) is 4.52. The quantitative estimate of drug-likeness (QED) is 0.390. The van der Waals surface area contributed by atoms with Crippen molar-refractivity contribution in [2.75, 3.05) is 0 Å². The zero-order chi connectivity index (χ0) is 9.54. The Morgan fingerprint density at radius 3 is 2.93 bits per heavy atom. The first-order chi connectivity index (χ1) is 6.86. The van der Waals surface area contributed by atoms with E-state index in [0.29, 0.717) is 10.5 Å². The third kappa shape index (κ3) is 0.865. The van der Waals surface area contributed by atoms with Gasteiger partial charge in [-0.2, -0.15) is 0 Å². The Bertz CT molecular complexity index is 508. The van der Waals surface area contributed by atoms with Crippen molar-refractivity contribution in [1.82, 2.24) is 5.10 Å². The van der Waals surface area contributed by atoms with E-state index in [9.17, 15) is 5.21 Å². The maximum Gasteiger partial charge on any atom is 0.255 e. The molecule has 1 aromatic heterocycles. The Balaban J connectivity index is 2.35. The molecule has 0 saturated carbocycles. The highest BCUT2D eigenvalue weighted by atomic mass is 16.5. The van der Waals surface area contributed by atoms with Crippen LogP contribution in [0.25, 0.3) is 11.3 Å². The summed E-state index contributed by atoms with van der Waals surface area (Å²) in [6.07, 6.45) is 2.40. The summed E-state index contributed by atoms with van der Waals surface area (Å²) in [5, 5.41) is 15.2. The van der Waals surface area contributed by atoms with Crippen LogP contribution in [0.4, 0.5) is 0 Å². The molecule has 0 radical (unpaired) electrons. The number of hydrogen-bond acceptors (Lipinski definition) is 2. The van der Waals surface area contributed by atoms with Crippen molar-refractivity contribution in [3.05, 3.63) is 52.9 Å². The molecule has 0 spiro atoms. The molecule has 0 saturated heterocycles. The normalized spacial score (nSPS) is 12.3. The van der Waals surface area contributed by atoms with Gasteiger partial charge in [0.15, 0.2) is 0 Å². The van der Waals surface area contributed by atoms with Crippen molar-refractivity contribution >= 4 is 0 Å². The van der Waals surface area contributed by atoms with E-state index in [-0.39, 0.29) is 0 Å². The summed E-state index contributed by atoms with van der Waals surface area (Å²) in [4.78, 5) is 0.709. The zero-order valence-electron chi connectivity index (χ0n) is 7.47. The first kappa shape index (κ1) is 7.50. The third-order valence-corrected chi connectivity index (χ3v) is 2.60. The average molecular weight is 184 g/mol. The van der Waals surface area contributed by atoms with Gasteiger partial charge in [-0.15, -0.1) is 0 Å². The van der Waals surface area contributed by atoms with Gasteiger partial charge in [-0.05, 0) is 22.5 Å². The van der Waals surface area contributed by atoms with Crippen LogP contribution in [0, 0.1) is 5.21 Å². The maximum absolute atomic E-state index is 11.5. The molecule has 2 aromatic rings. The lowest BCUT2D eigenvalue weighted by atomic mass is 10.1. The maximum atomic E-state index is 11.5. The fourth-order valence-electron chi connectivity index (χ4n) is 1.97. The molecule has 0 atom stereocenters. The summed E-state index contributed by atoms with van der Waals surface area (Å²) < 4.78 is 0. The first-order valence-electron chi connectivity index (χ1n) is 4.52. The lowest BCUT2D eigenvalue weighted by Crippen LogP contribution is -2.33. The summed E-state index contributed by atoms with van der Waals surface area (Å²) >= 11 is 0. The molecule has 14 heavy (non-hydrogen) atoms. The molecule has 1 aliphatic rings. The predicted octanol–water partition coefficient (Wildman–Crippen LogP) is 1.29. The molecule has 3 heteroatoms. The van der Waals surface area contributed by atoms with Gasteiger partial charge in [-0.25, -0.2) is 0 Å². The predicted molar refractivity (Wildman–Crippen MR) is 51.4 cm³/mol. The van der Waals surface area contributed by atoms with Gasteiger partial charge in [-0.1, -0.05) is 18.2 Å². The highest BCUT2D eigenvalue weighted by molar-refractivity contribution is 5.70. The van der Waals surface area contributed by atoms with Crippen LogP contribution in [-0.4, -0.2) is 5.10 Å². The fraction of sp³-hybridized carbons (Fsp3) is 0.0909. The number of fused-ring (bicyclic) bond motifs is 3. The minimum atomic E-state index is 0.709. The van der Waals surface area contributed by atoms with E-state index in [4.69, 9.17) is 0 Å². The van der Waals surface area contributed by atoms with Crippen molar-refractivity contribution in [3.63, 3.8) is 0 Å². The molecular weight excluding hydrogens is 176 g/mol. The van der Waals surface area contributed by atoms with Gasteiger partial charge in [0.2, 0.25) is 0 Å². The second-order valence-corrected chi connectivity index (χ2v) is 3.41. The van der Waals surface area contributed by atoms with Crippen LogP contribution in [0.1, 0.15) is 11.1 Å². The van der Waals surface area contributed by atoms with E-state index < -0.39 is 0 Å². The zero-order valence-corrected chi connectivity index (χ0v) is 7.47. The van der Waals surface area contributed by atoms with Crippen molar-refractivity contribution in [2.24, 2.45) is 0 Å². The summed E-state index contributed by atoms with van der Waals surface area (Å²) in [6, 6.07) is 9.87. The summed E-state index contributed by atoms with van der Waals surface area (Å²) in [7, 11) is 0. The van der Waals surface area contributed by atoms with E-state index in [1.807, 2.05) is 24.3 Å². The molecule has 3 nitrogen and oxygen atoms in total. The number of rotatable bonds is 0. The van der Waals surface area contributed by atoms with Crippen LogP contribution in [0.3, 0.4) is 0 Å². The fourth-order valence-corrected chi connectivity index (χ4v) is 1.97. The topological polar surface area (TPSA) is 39.8 Å². The molecule has 1 aliphatic carbocycles. The largest absolute Gasteiger partial charge is 0.594 e.